The van der Waals surface area contributed by atoms with Crippen LogP contribution >= 0.6 is 15.9 Å². The molecule has 0 bridgehead atoms. The highest BCUT2D eigenvalue weighted by Crippen LogP contribution is 2.30. The molecule has 0 saturated carbocycles. The van der Waals surface area contributed by atoms with E-state index in [9.17, 15) is 9.90 Å². The van der Waals surface area contributed by atoms with Gasteiger partial charge in [0.15, 0.2) is 0 Å². The molecule has 0 unspecified atom stereocenters. The fourth-order valence-corrected chi connectivity index (χ4v) is 3.12. The van der Waals surface area contributed by atoms with Crippen LogP contribution in [0, 0.1) is 0 Å². The van der Waals surface area contributed by atoms with E-state index in [2.05, 4.69) is 32.8 Å². The van der Waals surface area contributed by atoms with E-state index in [1.165, 1.54) is 0 Å². The third kappa shape index (κ3) is 3.09. The molecule has 0 aromatic heterocycles. The number of carboxylic acid groups (broad SMARTS) is 1. The van der Waals surface area contributed by atoms with E-state index < -0.39 is 5.97 Å². The molecule has 1 aromatic carbocycles. The van der Waals surface area contributed by atoms with Crippen molar-refractivity contribution in [1.29, 1.82) is 0 Å². The molecule has 1 aromatic rings. The topological polar surface area (TPSA) is 43.8 Å². The van der Waals surface area contributed by atoms with E-state index in [1.54, 1.807) is 6.07 Å². The van der Waals surface area contributed by atoms with Crippen LogP contribution < -0.4 is 4.90 Å². The maximum atomic E-state index is 11.4. The summed E-state index contributed by atoms with van der Waals surface area (Å²) >= 11 is 3.33. The fraction of sp³-hybridized carbons (Fsp3) is 0.500. The molecule has 4 nitrogen and oxygen atoms in total. The second-order valence-corrected chi connectivity index (χ2v) is 5.94. The Kier molecular flexibility index (Phi) is 4.47. The molecule has 1 N–H and O–H groups in total. The van der Waals surface area contributed by atoms with Crippen molar-refractivity contribution in [3.05, 3.63) is 28.2 Å². The molecule has 2 rings (SSSR count). The van der Waals surface area contributed by atoms with Crippen molar-refractivity contribution in [3.63, 3.8) is 0 Å². The Morgan fingerprint density at radius 1 is 1.42 bits per heavy atom. The Labute approximate surface area is 122 Å². The number of likely N-dealkylation sites (tertiary alicyclic amines) is 1. The van der Waals surface area contributed by atoms with Gasteiger partial charge in [-0.15, -0.1) is 0 Å². The summed E-state index contributed by atoms with van der Waals surface area (Å²) in [7, 11) is 4.11. The van der Waals surface area contributed by atoms with E-state index in [4.69, 9.17) is 0 Å². The van der Waals surface area contributed by atoms with Gasteiger partial charge in [-0.2, -0.15) is 0 Å². The lowest BCUT2D eigenvalue weighted by Gasteiger charge is -2.37. The second-order valence-electron chi connectivity index (χ2n) is 5.08. The third-order valence-electron chi connectivity index (χ3n) is 3.82. The fourth-order valence-electron chi connectivity index (χ4n) is 2.60. The zero-order valence-corrected chi connectivity index (χ0v) is 12.9. The molecule has 104 valence electrons. The number of anilines is 1. The van der Waals surface area contributed by atoms with E-state index in [1.807, 2.05) is 19.2 Å². The van der Waals surface area contributed by atoms with Gasteiger partial charge in [0.05, 0.1) is 11.3 Å². The van der Waals surface area contributed by atoms with Crippen molar-refractivity contribution in [1.82, 2.24) is 4.90 Å². The largest absolute Gasteiger partial charge is 0.478 e. The zero-order valence-electron chi connectivity index (χ0n) is 11.3. The van der Waals surface area contributed by atoms with Crippen molar-refractivity contribution < 1.29 is 9.90 Å². The molecule has 19 heavy (non-hydrogen) atoms. The summed E-state index contributed by atoms with van der Waals surface area (Å²) in [4.78, 5) is 15.8. The maximum Gasteiger partial charge on any atom is 0.338 e. The minimum Gasteiger partial charge on any atom is -0.478 e. The third-order valence-corrected chi connectivity index (χ3v) is 4.48. The Hall–Kier alpha value is -1.07. The lowest BCUT2D eigenvalue weighted by Crippen LogP contribution is -2.42. The van der Waals surface area contributed by atoms with E-state index in [0.29, 0.717) is 16.1 Å². The summed E-state index contributed by atoms with van der Waals surface area (Å²) in [6.45, 7) is 2.12. The van der Waals surface area contributed by atoms with Crippen molar-refractivity contribution in [2.24, 2.45) is 0 Å². The highest BCUT2D eigenvalue weighted by molar-refractivity contribution is 9.10. The Morgan fingerprint density at radius 2 is 2.05 bits per heavy atom. The standard InChI is InChI=1S/C14H19BrN2O2/c1-16-8-6-10(7-9-16)17(2)12-5-3-4-11(15)13(12)14(18)19/h3-5,10H,6-9H2,1-2H3,(H,18,19). The van der Waals surface area contributed by atoms with Crippen molar-refractivity contribution in [2.75, 3.05) is 32.1 Å². The van der Waals surface area contributed by atoms with Gasteiger partial charge in [-0.25, -0.2) is 4.79 Å². The monoisotopic (exact) mass is 326 g/mol. The van der Waals surface area contributed by atoms with Crippen molar-refractivity contribution in [2.45, 2.75) is 18.9 Å². The Bertz CT molecular complexity index is 471. The highest BCUT2D eigenvalue weighted by Gasteiger charge is 2.24. The molecule has 0 spiro atoms. The number of nitrogens with zero attached hydrogens (tertiary/aromatic N) is 2. The predicted octanol–water partition coefficient (Wildman–Crippen LogP) is 2.68. The highest BCUT2D eigenvalue weighted by atomic mass is 79.9. The van der Waals surface area contributed by atoms with Crippen LogP contribution in [0.15, 0.2) is 22.7 Å². The van der Waals surface area contributed by atoms with Gasteiger partial charge in [0.1, 0.15) is 0 Å². The average molecular weight is 327 g/mol. The van der Waals surface area contributed by atoms with Gasteiger partial charge in [0.25, 0.3) is 0 Å². The van der Waals surface area contributed by atoms with Crippen LogP contribution in [0.25, 0.3) is 0 Å². The minimum atomic E-state index is -0.887. The number of aromatic carboxylic acids is 1. The first-order valence-corrected chi connectivity index (χ1v) is 7.23. The van der Waals surface area contributed by atoms with Gasteiger partial charge in [-0.3, -0.25) is 0 Å². The average Bonchev–Trinajstić information content (AvgIpc) is 2.38. The molecule has 1 fully saturated rings. The molecule has 0 atom stereocenters. The smallest absolute Gasteiger partial charge is 0.338 e. The number of hydrogen-bond acceptors (Lipinski definition) is 3. The lowest BCUT2D eigenvalue weighted by atomic mass is 10.0. The Morgan fingerprint density at radius 3 is 2.63 bits per heavy atom. The molecular formula is C14H19BrN2O2. The first-order chi connectivity index (χ1) is 9.00. The quantitative estimate of drug-likeness (QED) is 0.927. The molecule has 1 saturated heterocycles. The summed E-state index contributed by atoms with van der Waals surface area (Å²) in [6, 6.07) is 5.95. The SMILES string of the molecule is CN1CCC(N(C)c2cccc(Br)c2C(=O)O)CC1. The number of benzene rings is 1. The summed E-state index contributed by atoms with van der Waals surface area (Å²) < 4.78 is 0.636. The molecule has 0 aliphatic carbocycles. The molecule has 1 heterocycles. The van der Waals surface area contributed by atoms with Gasteiger partial charge >= 0.3 is 5.97 Å². The van der Waals surface area contributed by atoms with Crippen molar-refractivity contribution in [3.8, 4) is 0 Å². The van der Waals surface area contributed by atoms with E-state index in [-0.39, 0.29) is 0 Å². The van der Waals surface area contributed by atoms with Gasteiger partial charge in [-0.05, 0) is 61.0 Å². The molecule has 5 heteroatoms. The van der Waals surface area contributed by atoms with E-state index >= 15 is 0 Å². The maximum absolute atomic E-state index is 11.4. The lowest BCUT2D eigenvalue weighted by molar-refractivity contribution is 0.0696. The van der Waals surface area contributed by atoms with Crippen LogP contribution in [-0.4, -0.2) is 49.2 Å². The van der Waals surface area contributed by atoms with Crippen LogP contribution in [0.5, 0.6) is 0 Å². The minimum absolute atomic E-state index is 0.351. The summed E-state index contributed by atoms with van der Waals surface area (Å²) in [5.41, 5.74) is 1.14. The van der Waals surface area contributed by atoms with Crippen LogP contribution in [0.1, 0.15) is 23.2 Å². The number of hydrogen-bond donors (Lipinski definition) is 1. The Balaban J connectivity index is 2.26. The molecule has 1 aliphatic heterocycles. The summed E-state index contributed by atoms with van der Waals surface area (Å²) in [5, 5.41) is 9.37. The van der Waals surface area contributed by atoms with E-state index in [0.717, 1.165) is 31.6 Å². The predicted molar refractivity (Wildman–Crippen MR) is 80.0 cm³/mol. The number of carboxylic acids is 1. The molecule has 1 aliphatic rings. The van der Waals surface area contributed by atoms with Gasteiger partial charge in [0.2, 0.25) is 0 Å². The number of rotatable bonds is 3. The summed E-state index contributed by atoms with van der Waals surface area (Å²) in [6.07, 6.45) is 2.14. The molecular weight excluding hydrogens is 308 g/mol. The first kappa shape index (κ1) is 14.3. The first-order valence-electron chi connectivity index (χ1n) is 6.44. The molecule has 0 amide bonds. The number of halogens is 1. The summed E-state index contributed by atoms with van der Waals surface area (Å²) in [5.74, 6) is -0.887. The van der Waals surface area contributed by atoms with Crippen LogP contribution in [0.2, 0.25) is 0 Å². The normalized spacial score (nSPS) is 17.4. The zero-order chi connectivity index (χ0) is 14.0. The number of piperidine rings is 1. The van der Waals surface area contributed by atoms with Crippen LogP contribution in [0.3, 0.4) is 0 Å². The number of carbonyl (C=O) groups is 1. The molecule has 0 radical (unpaired) electrons. The van der Waals surface area contributed by atoms with Crippen molar-refractivity contribution >= 4 is 27.6 Å². The van der Waals surface area contributed by atoms with Gasteiger partial charge in [-0.1, -0.05) is 6.07 Å². The van der Waals surface area contributed by atoms with Gasteiger partial charge in [0, 0.05) is 17.6 Å². The van der Waals surface area contributed by atoms with Gasteiger partial charge < -0.3 is 14.9 Å². The second kappa shape index (κ2) is 5.92. The van der Waals surface area contributed by atoms with Crippen LogP contribution in [0.4, 0.5) is 5.69 Å². The van der Waals surface area contributed by atoms with Crippen LogP contribution in [-0.2, 0) is 0 Å².